The molecule has 5 nitrogen and oxygen atoms in total. The molecule has 1 atom stereocenters. The van der Waals surface area contributed by atoms with E-state index in [1.54, 1.807) is 0 Å². The second-order valence-corrected chi connectivity index (χ2v) is 8.66. The first kappa shape index (κ1) is 20.5. The lowest BCUT2D eigenvalue weighted by molar-refractivity contribution is -0.122. The van der Waals surface area contributed by atoms with Crippen molar-refractivity contribution in [2.45, 2.75) is 53.5 Å². The molecule has 0 aliphatic heterocycles. The predicted molar refractivity (Wildman–Crippen MR) is 99.8 cm³/mol. The normalized spacial score (nSPS) is 13.0. The third-order valence-corrected chi connectivity index (χ3v) is 5.58. The van der Waals surface area contributed by atoms with Crippen molar-refractivity contribution in [3.63, 3.8) is 0 Å². The van der Waals surface area contributed by atoms with Crippen molar-refractivity contribution in [1.82, 2.24) is 5.32 Å². The molecule has 0 saturated carbocycles. The van der Waals surface area contributed by atoms with E-state index in [2.05, 4.69) is 19.2 Å². The minimum absolute atomic E-state index is 0.0365. The molecule has 0 fully saturated rings. The van der Waals surface area contributed by atoms with Gasteiger partial charge in [0.15, 0.2) is 0 Å². The number of hydrogen-bond acceptors (Lipinski definition) is 3. The molecule has 6 heteroatoms. The molecular weight excluding hydrogens is 324 g/mol. The molecular formula is C18H30N2O3S. The number of carbonyl (C=O) groups excluding carboxylic acids is 1. The maximum Gasteiger partial charge on any atom is 0.232 e. The van der Waals surface area contributed by atoms with Gasteiger partial charge in [0.2, 0.25) is 15.9 Å². The van der Waals surface area contributed by atoms with Gasteiger partial charge < -0.3 is 5.32 Å². The first-order valence-corrected chi connectivity index (χ1v) is 10.2. The number of hydrogen-bond donors (Lipinski definition) is 1. The average Bonchev–Trinajstić information content (AvgIpc) is 2.45. The van der Waals surface area contributed by atoms with E-state index in [1.165, 1.54) is 10.6 Å². The summed E-state index contributed by atoms with van der Waals surface area (Å²) in [6.07, 6.45) is 2.00. The van der Waals surface area contributed by atoms with Gasteiger partial charge >= 0.3 is 0 Å². The standard InChI is InChI=1S/C18H30N2O3S/c1-13(2)16(5)19-18(21)11-8-12-20(24(6,22)23)17-10-7-9-14(3)15(17)4/h7,9-10,13,16H,8,11-12H2,1-6H3,(H,19,21)/t16-/m1/s1. The molecule has 1 rings (SSSR count). The Bertz CT molecular complexity index is 669. The maximum absolute atomic E-state index is 12.2. The molecule has 0 spiro atoms. The molecule has 1 aromatic rings. The fraction of sp³-hybridized carbons (Fsp3) is 0.611. The van der Waals surface area contributed by atoms with Gasteiger partial charge in [-0.25, -0.2) is 8.42 Å². The molecule has 0 aromatic heterocycles. The molecule has 136 valence electrons. The van der Waals surface area contributed by atoms with Crippen LogP contribution >= 0.6 is 0 Å². The van der Waals surface area contributed by atoms with E-state index in [0.29, 0.717) is 31.0 Å². The second-order valence-electron chi connectivity index (χ2n) is 6.76. The Kier molecular flexibility index (Phi) is 7.27. The van der Waals surface area contributed by atoms with Crippen LogP contribution in [0.25, 0.3) is 0 Å². The van der Waals surface area contributed by atoms with Gasteiger partial charge in [0.25, 0.3) is 0 Å². The first-order valence-electron chi connectivity index (χ1n) is 8.37. The summed E-state index contributed by atoms with van der Waals surface area (Å²) >= 11 is 0. The van der Waals surface area contributed by atoms with Crippen LogP contribution in [0.4, 0.5) is 5.69 Å². The summed E-state index contributed by atoms with van der Waals surface area (Å²) in [5.74, 6) is 0.335. The van der Waals surface area contributed by atoms with Crippen molar-refractivity contribution >= 4 is 21.6 Å². The molecule has 24 heavy (non-hydrogen) atoms. The molecule has 0 heterocycles. The second kappa shape index (κ2) is 8.51. The van der Waals surface area contributed by atoms with Crippen molar-refractivity contribution in [3.8, 4) is 0 Å². The Balaban J connectivity index is 2.77. The fourth-order valence-electron chi connectivity index (χ4n) is 2.35. The molecule has 1 N–H and O–H groups in total. The number of anilines is 1. The molecule has 0 bridgehead atoms. The number of amides is 1. The summed E-state index contributed by atoms with van der Waals surface area (Å²) in [7, 11) is -3.39. The lowest BCUT2D eigenvalue weighted by Crippen LogP contribution is -2.37. The fourth-order valence-corrected chi connectivity index (χ4v) is 3.36. The van der Waals surface area contributed by atoms with E-state index >= 15 is 0 Å². The SMILES string of the molecule is Cc1cccc(N(CCCC(=O)N[C@H](C)C(C)C)S(C)(=O)=O)c1C. The monoisotopic (exact) mass is 354 g/mol. The minimum atomic E-state index is -3.39. The highest BCUT2D eigenvalue weighted by molar-refractivity contribution is 7.92. The van der Waals surface area contributed by atoms with Gasteiger partial charge in [0.1, 0.15) is 0 Å². The number of benzene rings is 1. The van der Waals surface area contributed by atoms with Crippen molar-refractivity contribution in [2.75, 3.05) is 17.1 Å². The average molecular weight is 355 g/mol. The van der Waals surface area contributed by atoms with Gasteiger partial charge in [-0.05, 0) is 50.3 Å². The zero-order valence-corrected chi connectivity index (χ0v) is 16.4. The quantitative estimate of drug-likeness (QED) is 0.780. The first-order chi connectivity index (χ1) is 11.0. The van der Waals surface area contributed by atoms with Crippen molar-refractivity contribution in [2.24, 2.45) is 5.92 Å². The van der Waals surface area contributed by atoms with Crippen molar-refractivity contribution in [1.29, 1.82) is 0 Å². The van der Waals surface area contributed by atoms with Crippen molar-refractivity contribution in [3.05, 3.63) is 29.3 Å². The summed E-state index contributed by atoms with van der Waals surface area (Å²) in [6, 6.07) is 5.74. The Morgan fingerprint density at radius 2 is 1.83 bits per heavy atom. The Morgan fingerprint density at radius 3 is 2.38 bits per heavy atom. The van der Waals surface area contributed by atoms with E-state index in [0.717, 1.165) is 11.1 Å². The zero-order valence-electron chi connectivity index (χ0n) is 15.6. The van der Waals surface area contributed by atoms with Crippen LogP contribution in [0.15, 0.2) is 18.2 Å². The van der Waals surface area contributed by atoms with Crippen LogP contribution in [0.2, 0.25) is 0 Å². The van der Waals surface area contributed by atoms with Crippen LogP contribution in [-0.4, -0.2) is 33.2 Å². The van der Waals surface area contributed by atoms with Gasteiger partial charge in [-0.3, -0.25) is 9.10 Å². The van der Waals surface area contributed by atoms with Gasteiger partial charge in [-0.15, -0.1) is 0 Å². The molecule has 1 amide bonds. The molecule has 1 aromatic carbocycles. The van der Waals surface area contributed by atoms with Gasteiger partial charge in [-0.2, -0.15) is 0 Å². The highest BCUT2D eigenvalue weighted by Crippen LogP contribution is 2.25. The third-order valence-electron chi connectivity index (χ3n) is 4.40. The van der Waals surface area contributed by atoms with E-state index < -0.39 is 10.0 Å². The van der Waals surface area contributed by atoms with Crippen LogP contribution in [0, 0.1) is 19.8 Å². The Labute approximate surface area is 146 Å². The van der Waals surface area contributed by atoms with Crippen LogP contribution in [0.5, 0.6) is 0 Å². The number of carbonyl (C=O) groups is 1. The Morgan fingerprint density at radius 1 is 1.21 bits per heavy atom. The van der Waals surface area contributed by atoms with Gasteiger partial charge in [0.05, 0.1) is 11.9 Å². The molecule has 0 aliphatic rings. The number of rotatable bonds is 8. The topological polar surface area (TPSA) is 66.5 Å². The van der Waals surface area contributed by atoms with Crippen molar-refractivity contribution < 1.29 is 13.2 Å². The van der Waals surface area contributed by atoms with E-state index in [4.69, 9.17) is 0 Å². The maximum atomic E-state index is 12.2. The molecule has 0 radical (unpaired) electrons. The summed E-state index contributed by atoms with van der Waals surface area (Å²) < 4.78 is 25.7. The molecule has 0 unspecified atom stereocenters. The van der Waals surface area contributed by atoms with E-state index in [1.807, 2.05) is 39.0 Å². The van der Waals surface area contributed by atoms with Crippen LogP contribution in [0.1, 0.15) is 44.7 Å². The summed E-state index contributed by atoms with van der Waals surface area (Å²) in [5, 5.41) is 2.95. The summed E-state index contributed by atoms with van der Waals surface area (Å²) in [5.41, 5.74) is 2.68. The summed E-state index contributed by atoms with van der Waals surface area (Å²) in [4.78, 5) is 12.0. The number of aryl methyl sites for hydroxylation is 1. The molecule has 0 aliphatic carbocycles. The zero-order chi connectivity index (χ0) is 18.5. The van der Waals surface area contributed by atoms with Crippen LogP contribution in [-0.2, 0) is 14.8 Å². The Hall–Kier alpha value is -1.56. The lowest BCUT2D eigenvalue weighted by Gasteiger charge is -2.25. The molecule has 0 saturated heterocycles. The predicted octanol–water partition coefficient (Wildman–Crippen LogP) is 3.01. The number of sulfonamides is 1. The minimum Gasteiger partial charge on any atom is -0.353 e. The number of nitrogens with one attached hydrogen (secondary N) is 1. The number of nitrogens with zero attached hydrogens (tertiary/aromatic N) is 1. The van der Waals surface area contributed by atoms with Gasteiger partial charge in [0, 0.05) is 19.0 Å². The van der Waals surface area contributed by atoms with E-state index in [9.17, 15) is 13.2 Å². The smallest absolute Gasteiger partial charge is 0.232 e. The van der Waals surface area contributed by atoms with E-state index in [-0.39, 0.29) is 11.9 Å². The largest absolute Gasteiger partial charge is 0.353 e. The highest BCUT2D eigenvalue weighted by Gasteiger charge is 2.20. The van der Waals surface area contributed by atoms with Crippen LogP contribution in [0.3, 0.4) is 0 Å². The lowest BCUT2D eigenvalue weighted by atomic mass is 10.1. The van der Waals surface area contributed by atoms with Gasteiger partial charge in [-0.1, -0.05) is 26.0 Å². The summed E-state index contributed by atoms with van der Waals surface area (Å²) in [6.45, 7) is 10.3. The van der Waals surface area contributed by atoms with Crippen LogP contribution < -0.4 is 9.62 Å². The highest BCUT2D eigenvalue weighted by atomic mass is 32.2. The third kappa shape index (κ3) is 5.82.